The highest BCUT2D eigenvalue weighted by atomic mass is 14.9. The van der Waals surface area contributed by atoms with Crippen LogP contribution in [0.25, 0.3) is 100 Å². The molecule has 9 aromatic rings. The fraction of sp³-hybridized carbons (Fsp3) is 0. The number of aromatic nitrogens is 2. The highest BCUT2D eigenvalue weighted by Gasteiger charge is 2.22. The Kier molecular flexibility index (Phi) is 7.18. The van der Waals surface area contributed by atoms with Crippen LogP contribution in [-0.4, -0.2) is 9.97 Å². The SMILES string of the molecule is c1ccc(-c2cccc(-c3cc(-c4ccccc4)nc(-c4ccc(-c5ccc(-c6ccc7c8c(cccc68)-c6ccccc6-7)cc5)cc4)n3)c2)cc1. The molecule has 1 aliphatic carbocycles. The molecule has 0 fully saturated rings. The van der Waals surface area contributed by atoms with Crippen molar-refractivity contribution < 1.29 is 0 Å². The average molecular weight is 661 g/mol. The molecule has 8 aromatic carbocycles. The summed E-state index contributed by atoms with van der Waals surface area (Å²) in [6.45, 7) is 0. The molecule has 10 rings (SSSR count). The van der Waals surface area contributed by atoms with Crippen molar-refractivity contribution in [1.82, 2.24) is 9.97 Å². The number of nitrogens with zero attached hydrogens (tertiary/aromatic N) is 2. The van der Waals surface area contributed by atoms with Gasteiger partial charge in [0.15, 0.2) is 5.82 Å². The zero-order valence-electron chi connectivity index (χ0n) is 28.4. The summed E-state index contributed by atoms with van der Waals surface area (Å²) in [5.41, 5.74) is 17.3. The van der Waals surface area contributed by atoms with E-state index in [1.54, 1.807) is 0 Å². The minimum atomic E-state index is 0.706. The van der Waals surface area contributed by atoms with E-state index < -0.39 is 0 Å². The predicted molar refractivity (Wildman–Crippen MR) is 217 cm³/mol. The van der Waals surface area contributed by atoms with Gasteiger partial charge in [-0.1, -0.05) is 182 Å². The molecule has 242 valence electrons. The molecule has 0 spiro atoms. The van der Waals surface area contributed by atoms with Gasteiger partial charge in [-0.3, -0.25) is 0 Å². The molecule has 1 aromatic heterocycles. The molecule has 0 amide bonds. The van der Waals surface area contributed by atoms with Gasteiger partial charge in [-0.25, -0.2) is 9.97 Å². The van der Waals surface area contributed by atoms with E-state index in [4.69, 9.17) is 9.97 Å². The van der Waals surface area contributed by atoms with Crippen molar-refractivity contribution in [2.75, 3.05) is 0 Å². The van der Waals surface area contributed by atoms with Crippen LogP contribution in [0.4, 0.5) is 0 Å². The Labute approximate surface area is 303 Å². The third-order valence-corrected chi connectivity index (χ3v) is 10.3. The van der Waals surface area contributed by atoms with Gasteiger partial charge < -0.3 is 0 Å². The first-order valence-corrected chi connectivity index (χ1v) is 17.7. The smallest absolute Gasteiger partial charge is 0.160 e. The fourth-order valence-corrected chi connectivity index (χ4v) is 7.68. The predicted octanol–water partition coefficient (Wildman–Crippen LogP) is 13.3. The molecule has 52 heavy (non-hydrogen) atoms. The monoisotopic (exact) mass is 660 g/mol. The lowest BCUT2D eigenvalue weighted by atomic mass is 9.93. The van der Waals surface area contributed by atoms with Crippen LogP contribution in [-0.2, 0) is 0 Å². The van der Waals surface area contributed by atoms with Crippen molar-refractivity contribution in [3.63, 3.8) is 0 Å². The maximum Gasteiger partial charge on any atom is 0.160 e. The van der Waals surface area contributed by atoms with Gasteiger partial charge in [0.1, 0.15) is 0 Å². The zero-order chi connectivity index (χ0) is 34.4. The van der Waals surface area contributed by atoms with Crippen molar-refractivity contribution >= 4 is 10.8 Å². The van der Waals surface area contributed by atoms with E-state index in [0.29, 0.717) is 5.82 Å². The molecule has 0 atom stereocenters. The van der Waals surface area contributed by atoms with E-state index in [9.17, 15) is 0 Å². The highest BCUT2D eigenvalue weighted by Crippen LogP contribution is 2.49. The first-order valence-electron chi connectivity index (χ1n) is 17.7. The minimum Gasteiger partial charge on any atom is -0.228 e. The first-order chi connectivity index (χ1) is 25.8. The van der Waals surface area contributed by atoms with E-state index in [1.807, 2.05) is 12.1 Å². The fourth-order valence-electron chi connectivity index (χ4n) is 7.68. The molecule has 0 aliphatic heterocycles. The van der Waals surface area contributed by atoms with E-state index in [1.165, 1.54) is 55.3 Å². The van der Waals surface area contributed by atoms with Gasteiger partial charge in [-0.15, -0.1) is 0 Å². The van der Waals surface area contributed by atoms with Crippen LogP contribution < -0.4 is 0 Å². The third-order valence-electron chi connectivity index (χ3n) is 10.3. The maximum atomic E-state index is 5.13. The topological polar surface area (TPSA) is 25.8 Å². The van der Waals surface area contributed by atoms with E-state index >= 15 is 0 Å². The molecule has 1 heterocycles. The van der Waals surface area contributed by atoms with Gasteiger partial charge in [-0.2, -0.15) is 0 Å². The Morgan fingerprint density at radius 2 is 0.712 bits per heavy atom. The second kappa shape index (κ2) is 12.5. The molecular weight excluding hydrogens is 629 g/mol. The van der Waals surface area contributed by atoms with E-state index in [-0.39, 0.29) is 0 Å². The lowest BCUT2D eigenvalue weighted by molar-refractivity contribution is 1.18. The maximum absolute atomic E-state index is 5.13. The van der Waals surface area contributed by atoms with Crippen molar-refractivity contribution in [2.45, 2.75) is 0 Å². The van der Waals surface area contributed by atoms with E-state index in [2.05, 4.69) is 182 Å². The average Bonchev–Trinajstić information content (AvgIpc) is 3.56. The molecule has 0 saturated heterocycles. The van der Waals surface area contributed by atoms with Gasteiger partial charge in [0.05, 0.1) is 11.4 Å². The largest absolute Gasteiger partial charge is 0.228 e. The summed E-state index contributed by atoms with van der Waals surface area (Å²) in [4.78, 5) is 10.2. The van der Waals surface area contributed by atoms with Gasteiger partial charge in [-0.05, 0) is 78.5 Å². The second-order valence-electron chi connectivity index (χ2n) is 13.4. The molecule has 0 saturated carbocycles. The third kappa shape index (κ3) is 5.21. The second-order valence-corrected chi connectivity index (χ2v) is 13.4. The van der Waals surface area contributed by atoms with Crippen LogP contribution in [0.15, 0.2) is 194 Å². The van der Waals surface area contributed by atoms with Gasteiger partial charge in [0.2, 0.25) is 0 Å². The Morgan fingerprint density at radius 1 is 0.250 bits per heavy atom. The van der Waals surface area contributed by atoms with Crippen LogP contribution in [0.2, 0.25) is 0 Å². The zero-order valence-corrected chi connectivity index (χ0v) is 28.4. The van der Waals surface area contributed by atoms with Crippen molar-refractivity contribution in [3.05, 3.63) is 194 Å². The summed E-state index contributed by atoms with van der Waals surface area (Å²) < 4.78 is 0. The van der Waals surface area contributed by atoms with Crippen molar-refractivity contribution in [1.29, 1.82) is 0 Å². The number of benzene rings is 8. The molecule has 0 N–H and O–H groups in total. The van der Waals surface area contributed by atoms with Crippen molar-refractivity contribution in [3.8, 4) is 89.5 Å². The molecule has 0 bridgehead atoms. The molecule has 0 unspecified atom stereocenters. The number of rotatable bonds is 6. The minimum absolute atomic E-state index is 0.706. The van der Waals surface area contributed by atoms with Crippen LogP contribution in [0.1, 0.15) is 0 Å². The number of hydrogen-bond acceptors (Lipinski definition) is 2. The van der Waals surface area contributed by atoms with E-state index in [0.717, 1.165) is 39.2 Å². The van der Waals surface area contributed by atoms with Crippen LogP contribution in [0, 0.1) is 0 Å². The Hall–Kier alpha value is -6.90. The quantitative estimate of drug-likeness (QED) is 0.177. The summed E-state index contributed by atoms with van der Waals surface area (Å²) in [6, 6.07) is 69.1. The molecule has 2 nitrogen and oxygen atoms in total. The lowest BCUT2D eigenvalue weighted by Crippen LogP contribution is -1.96. The van der Waals surface area contributed by atoms with Gasteiger partial charge in [0, 0.05) is 16.7 Å². The molecule has 0 radical (unpaired) electrons. The number of hydrogen-bond donors (Lipinski definition) is 0. The summed E-state index contributed by atoms with van der Waals surface area (Å²) >= 11 is 0. The summed E-state index contributed by atoms with van der Waals surface area (Å²) in [5, 5.41) is 2.65. The Bertz CT molecular complexity index is 2720. The first kappa shape index (κ1) is 30.0. The van der Waals surface area contributed by atoms with Crippen LogP contribution in [0.5, 0.6) is 0 Å². The highest BCUT2D eigenvalue weighted by molar-refractivity contribution is 6.18. The molecule has 1 aliphatic rings. The number of fused-ring (bicyclic) bond motifs is 3. The Morgan fingerprint density at radius 3 is 1.40 bits per heavy atom. The Balaban J connectivity index is 0.981. The van der Waals surface area contributed by atoms with Crippen LogP contribution in [0.3, 0.4) is 0 Å². The summed E-state index contributed by atoms with van der Waals surface area (Å²) in [6.07, 6.45) is 0. The summed E-state index contributed by atoms with van der Waals surface area (Å²) in [5.74, 6) is 0.706. The van der Waals surface area contributed by atoms with Gasteiger partial charge >= 0.3 is 0 Å². The molecular formula is C50H32N2. The standard InChI is InChI=1S/C50H32N2/c1-3-11-33(12-4-1)39-15-9-16-40(31-39)48-32-47(37-13-5-2-6-14-37)51-50(52-48)38-27-23-35(24-28-38)34-21-25-36(26-22-34)41-29-30-46-43-18-8-7-17-42(43)45-20-10-19-44(41)49(45)46/h1-32H. The molecule has 2 heteroatoms. The van der Waals surface area contributed by atoms with Crippen molar-refractivity contribution in [2.24, 2.45) is 0 Å². The van der Waals surface area contributed by atoms with Gasteiger partial charge in [0.25, 0.3) is 0 Å². The van der Waals surface area contributed by atoms with Crippen LogP contribution >= 0.6 is 0 Å². The normalized spacial score (nSPS) is 11.5. The lowest BCUT2D eigenvalue weighted by Gasteiger charge is -2.12. The summed E-state index contributed by atoms with van der Waals surface area (Å²) in [7, 11) is 0.